The van der Waals surface area contributed by atoms with Gasteiger partial charge >= 0.3 is 0 Å². The maximum absolute atomic E-state index is 12.1. The van der Waals surface area contributed by atoms with Crippen LogP contribution in [-0.4, -0.2) is 44.2 Å². The van der Waals surface area contributed by atoms with Gasteiger partial charge in [-0.05, 0) is 24.6 Å². The van der Waals surface area contributed by atoms with Crippen molar-refractivity contribution in [3.63, 3.8) is 0 Å². The van der Waals surface area contributed by atoms with E-state index in [1.807, 2.05) is 19.1 Å². The van der Waals surface area contributed by atoms with Crippen LogP contribution in [0.15, 0.2) is 24.3 Å². The van der Waals surface area contributed by atoms with Gasteiger partial charge in [0.15, 0.2) is 0 Å². The van der Waals surface area contributed by atoms with E-state index in [1.54, 1.807) is 19.2 Å². The van der Waals surface area contributed by atoms with Gasteiger partial charge in [0, 0.05) is 25.7 Å². The molecule has 1 aliphatic rings. The van der Waals surface area contributed by atoms with Crippen molar-refractivity contribution in [3.8, 4) is 0 Å². The van der Waals surface area contributed by atoms with E-state index in [4.69, 9.17) is 4.74 Å². The molecule has 6 heteroatoms. The number of morpholine rings is 1. The van der Waals surface area contributed by atoms with Gasteiger partial charge < -0.3 is 20.7 Å². The van der Waals surface area contributed by atoms with Crippen molar-refractivity contribution in [1.82, 2.24) is 16.0 Å². The lowest BCUT2D eigenvalue weighted by Gasteiger charge is -2.29. The van der Waals surface area contributed by atoms with Crippen molar-refractivity contribution in [1.29, 1.82) is 0 Å². The number of hydrogen-bond donors (Lipinski definition) is 3. The summed E-state index contributed by atoms with van der Waals surface area (Å²) < 4.78 is 5.45. The minimum absolute atomic E-state index is 0.0717. The molecule has 0 aliphatic carbocycles. The Labute approximate surface area is 124 Å². The summed E-state index contributed by atoms with van der Waals surface area (Å²) in [6.45, 7) is 3.63. The molecule has 0 unspecified atom stereocenters. The standard InChI is InChI=1S/C15H21N3O3/c1-10-13(17-7-8-21-10)15(20)18-9-11-3-5-12(6-4-11)14(19)16-2/h3-6,10,13,17H,7-9H2,1-2H3,(H,16,19)(H,18,20)/t10-,13+/m1/s1. The van der Waals surface area contributed by atoms with Gasteiger partial charge in [-0.15, -0.1) is 0 Å². The van der Waals surface area contributed by atoms with Crippen LogP contribution in [0.2, 0.25) is 0 Å². The van der Waals surface area contributed by atoms with Crippen molar-refractivity contribution in [3.05, 3.63) is 35.4 Å². The molecule has 2 amide bonds. The van der Waals surface area contributed by atoms with Gasteiger partial charge in [0.05, 0.1) is 12.7 Å². The van der Waals surface area contributed by atoms with E-state index in [0.717, 1.165) is 5.56 Å². The zero-order valence-corrected chi connectivity index (χ0v) is 12.3. The highest BCUT2D eigenvalue weighted by molar-refractivity contribution is 5.93. The molecule has 1 saturated heterocycles. The van der Waals surface area contributed by atoms with E-state index in [2.05, 4.69) is 16.0 Å². The topological polar surface area (TPSA) is 79.5 Å². The molecule has 1 aromatic carbocycles. The molecule has 0 spiro atoms. The third-order valence-electron chi connectivity index (χ3n) is 3.51. The summed E-state index contributed by atoms with van der Waals surface area (Å²) in [4.78, 5) is 23.5. The quantitative estimate of drug-likeness (QED) is 0.732. The number of nitrogens with one attached hydrogen (secondary N) is 3. The first-order valence-corrected chi connectivity index (χ1v) is 7.05. The Morgan fingerprint density at radius 3 is 2.67 bits per heavy atom. The average Bonchev–Trinajstić information content (AvgIpc) is 2.52. The molecule has 6 nitrogen and oxygen atoms in total. The molecule has 1 aliphatic heterocycles. The maximum Gasteiger partial charge on any atom is 0.251 e. The molecule has 1 fully saturated rings. The maximum atomic E-state index is 12.1. The van der Waals surface area contributed by atoms with Crippen molar-refractivity contribution in [2.24, 2.45) is 0 Å². The van der Waals surface area contributed by atoms with Crippen LogP contribution in [0.1, 0.15) is 22.8 Å². The van der Waals surface area contributed by atoms with E-state index < -0.39 is 0 Å². The van der Waals surface area contributed by atoms with Gasteiger partial charge in [0.25, 0.3) is 5.91 Å². The fourth-order valence-corrected chi connectivity index (χ4v) is 2.24. The van der Waals surface area contributed by atoms with Gasteiger partial charge in [-0.25, -0.2) is 0 Å². The van der Waals surface area contributed by atoms with Crippen LogP contribution in [0.3, 0.4) is 0 Å². The normalized spacial score (nSPS) is 21.6. The molecule has 0 radical (unpaired) electrons. The number of hydrogen-bond acceptors (Lipinski definition) is 4. The van der Waals surface area contributed by atoms with E-state index in [0.29, 0.717) is 25.3 Å². The number of carbonyl (C=O) groups is 2. The first-order valence-electron chi connectivity index (χ1n) is 7.05. The predicted octanol–water partition coefficient (Wildman–Crippen LogP) is 0.0393. The zero-order chi connectivity index (χ0) is 15.2. The fraction of sp³-hybridized carbons (Fsp3) is 0.467. The Hall–Kier alpha value is -1.92. The van der Waals surface area contributed by atoms with E-state index in [1.165, 1.54) is 0 Å². The molecule has 0 aromatic heterocycles. The Balaban J connectivity index is 1.87. The fourth-order valence-electron chi connectivity index (χ4n) is 2.24. The lowest BCUT2D eigenvalue weighted by Crippen LogP contribution is -2.55. The van der Waals surface area contributed by atoms with Crippen molar-refractivity contribution < 1.29 is 14.3 Å². The lowest BCUT2D eigenvalue weighted by atomic mass is 10.1. The first kappa shape index (κ1) is 15.5. The summed E-state index contributed by atoms with van der Waals surface area (Å²) in [7, 11) is 1.59. The molecule has 3 N–H and O–H groups in total. The highest BCUT2D eigenvalue weighted by Crippen LogP contribution is 2.06. The third-order valence-corrected chi connectivity index (χ3v) is 3.51. The van der Waals surface area contributed by atoms with Crippen LogP contribution in [0.25, 0.3) is 0 Å². The highest BCUT2D eigenvalue weighted by atomic mass is 16.5. The summed E-state index contributed by atoms with van der Waals surface area (Å²) in [6.07, 6.45) is -0.130. The molecular formula is C15H21N3O3. The SMILES string of the molecule is CNC(=O)c1ccc(CNC(=O)[C@H]2NCCO[C@@H]2C)cc1. The summed E-state index contributed by atoms with van der Waals surface area (Å²) in [6, 6.07) is 6.83. The Kier molecular flexibility index (Phi) is 5.30. The molecular weight excluding hydrogens is 270 g/mol. The summed E-state index contributed by atoms with van der Waals surface area (Å²) >= 11 is 0. The smallest absolute Gasteiger partial charge is 0.251 e. The molecule has 0 saturated carbocycles. The summed E-state index contributed by atoms with van der Waals surface area (Å²) in [5.74, 6) is -0.194. The van der Waals surface area contributed by atoms with Crippen LogP contribution in [0.4, 0.5) is 0 Å². The van der Waals surface area contributed by atoms with Crippen molar-refractivity contribution in [2.45, 2.75) is 25.6 Å². The number of benzene rings is 1. The minimum atomic E-state index is -0.316. The Bertz CT molecular complexity index is 501. The third kappa shape index (κ3) is 4.03. The summed E-state index contributed by atoms with van der Waals surface area (Å²) in [5.41, 5.74) is 1.55. The van der Waals surface area contributed by atoms with E-state index in [9.17, 15) is 9.59 Å². The molecule has 1 aromatic rings. The molecule has 21 heavy (non-hydrogen) atoms. The molecule has 1 heterocycles. The Morgan fingerprint density at radius 2 is 2.05 bits per heavy atom. The lowest BCUT2D eigenvalue weighted by molar-refractivity contribution is -0.129. The van der Waals surface area contributed by atoms with Gasteiger partial charge in [-0.3, -0.25) is 9.59 Å². The number of rotatable bonds is 4. The van der Waals surface area contributed by atoms with Gasteiger partial charge in [-0.2, -0.15) is 0 Å². The van der Waals surface area contributed by atoms with E-state index >= 15 is 0 Å². The van der Waals surface area contributed by atoms with Crippen LogP contribution >= 0.6 is 0 Å². The molecule has 114 valence electrons. The largest absolute Gasteiger partial charge is 0.375 e. The number of ether oxygens (including phenoxy) is 1. The van der Waals surface area contributed by atoms with Gasteiger partial charge in [0.2, 0.25) is 5.91 Å². The first-order chi connectivity index (χ1) is 10.1. The Morgan fingerprint density at radius 1 is 1.33 bits per heavy atom. The second-order valence-corrected chi connectivity index (χ2v) is 5.00. The molecule has 2 rings (SSSR count). The van der Waals surface area contributed by atoms with Gasteiger partial charge in [0.1, 0.15) is 6.04 Å². The number of carbonyl (C=O) groups excluding carboxylic acids is 2. The van der Waals surface area contributed by atoms with Crippen molar-refractivity contribution in [2.75, 3.05) is 20.2 Å². The zero-order valence-electron chi connectivity index (χ0n) is 12.3. The second kappa shape index (κ2) is 7.19. The predicted molar refractivity (Wildman–Crippen MR) is 78.9 cm³/mol. The summed E-state index contributed by atoms with van der Waals surface area (Å²) in [5, 5.41) is 8.59. The van der Waals surface area contributed by atoms with Crippen LogP contribution in [0.5, 0.6) is 0 Å². The van der Waals surface area contributed by atoms with Crippen LogP contribution in [0, 0.1) is 0 Å². The van der Waals surface area contributed by atoms with Crippen LogP contribution in [-0.2, 0) is 16.1 Å². The average molecular weight is 291 g/mol. The minimum Gasteiger partial charge on any atom is -0.375 e. The van der Waals surface area contributed by atoms with E-state index in [-0.39, 0.29) is 24.0 Å². The van der Waals surface area contributed by atoms with Crippen LogP contribution < -0.4 is 16.0 Å². The highest BCUT2D eigenvalue weighted by Gasteiger charge is 2.27. The molecule has 0 bridgehead atoms. The second-order valence-electron chi connectivity index (χ2n) is 5.00. The number of amides is 2. The van der Waals surface area contributed by atoms with Crippen molar-refractivity contribution >= 4 is 11.8 Å². The molecule has 2 atom stereocenters. The van der Waals surface area contributed by atoms with Gasteiger partial charge in [-0.1, -0.05) is 12.1 Å². The monoisotopic (exact) mass is 291 g/mol.